The van der Waals surface area contributed by atoms with Gasteiger partial charge in [-0.1, -0.05) is 6.92 Å². The van der Waals surface area contributed by atoms with E-state index in [1.165, 1.54) is 0 Å². The van der Waals surface area contributed by atoms with Gasteiger partial charge < -0.3 is 5.73 Å². The molecule has 15 heavy (non-hydrogen) atoms. The zero-order valence-corrected chi connectivity index (χ0v) is 10.9. The zero-order valence-electron chi connectivity index (χ0n) is 8.48. The molecule has 0 spiro atoms. The maximum absolute atomic E-state index is 11.2. The third kappa shape index (κ3) is 3.83. The van der Waals surface area contributed by atoms with Crippen molar-refractivity contribution in [1.82, 2.24) is 9.78 Å². The van der Waals surface area contributed by atoms with E-state index in [9.17, 15) is 8.42 Å². The summed E-state index contributed by atoms with van der Waals surface area (Å²) in [6.45, 7) is 2.22. The molecular formula is C8H14BrN3O2S. The number of hydrogen-bond acceptors (Lipinski definition) is 4. The van der Waals surface area contributed by atoms with Crippen molar-refractivity contribution in [2.75, 3.05) is 17.2 Å². The van der Waals surface area contributed by atoms with Crippen molar-refractivity contribution in [3.63, 3.8) is 0 Å². The highest BCUT2D eigenvalue weighted by Gasteiger charge is 2.07. The maximum atomic E-state index is 11.2. The molecular weight excluding hydrogens is 282 g/mol. The molecule has 0 aromatic carbocycles. The van der Waals surface area contributed by atoms with Crippen LogP contribution in [-0.2, 0) is 16.4 Å². The Kier molecular flexibility index (Phi) is 4.15. The lowest BCUT2D eigenvalue weighted by atomic mass is 10.5. The number of sulfone groups is 1. The van der Waals surface area contributed by atoms with Crippen LogP contribution in [0.25, 0.3) is 0 Å². The molecule has 0 radical (unpaired) electrons. The highest BCUT2D eigenvalue weighted by Crippen LogP contribution is 2.16. The second kappa shape index (κ2) is 4.98. The smallest absolute Gasteiger partial charge is 0.159 e. The molecule has 0 unspecified atom stereocenters. The van der Waals surface area contributed by atoms with Gasteiger partial charge in [0.2, 0.25) is 0 Å². The maximum Gasteiger partial charge on any atom is 0.159 e. The molecule has 0 aliphatic rings. The van der Waals surface area contributed by atoms with E-state index in [-0.39, 0.29) is 11.5 Å². The van der Waals surface area contributed by atoms with Crippen LogP contribution in [0, 0.1) is 0 Å². The number of nitrogens with zero attached hydrogens (tertiary/aromatic N) is 2. The van der Waals surface area contributed by atoms with Crippen LogP contribution >= 0.6 is 15.9 Å². The predicted octanol–water partition coefficient (Wildman–Crippen LogP) is 1.05. The second-order valence-corrected chi connectivity index (χ2v) is 6.54. The Bertz CT molecular complexity index is 408. The summed E-state index contributed by atoms with van der Waals surface area (Å²) < 4.78 is 24.8. The standard InChI is InChI=1S/C8H14BrN3O2S/c1-2-15(13,14)5-3-4-12-6-7(9)8(10)11-12/h6H,2-5H2,1H3,(H2,10,11). The molecule has 0 amide bonds. The Labute approximate surface area is 97.7 Å². The van der Waals surface area contributed by atoms with Crippen LogP contribution in [0.15, 0.2) is 10.7 Å². The third-order valence-corrected chi connectivity index (χ3v) is 4.43. The minimum absolute atomic E-state index is 0.192. The summed E-state index contributed by atoms with van der Waals surface area (Å²) in [7, 11) is -2.88. The summed E-state index contributed by atoms with van der Waals surface area (Å²) in [6, 6.07) is 0. The quantitative estimate of drug-likeness (QED) is 0.881. The highest BCUT2D eigenvalue weighted by molar-refractivity contribution is 9.10. The van der Waals surface area contributed by atoms with Crippen LogP contribution in [0.5, 0.6) is 0 Å². The Balaban J connectivity index is 2.45. The molecule has 0 bridgehead atoms. The lowest BCUT2D eigenvalue weighted by molar-refractivity contribution is 0.574. The molecule has 7 heteroatoms. The Morgan fingerprint density at radius 2 is 2.27 bits per heavy atom. The number of nitrogens with two attached hydrogens (primary N) is 1. The molecule has 1 aromatic rings. The third-order valence-electron chi connectivity index (χ3n) is 2.03. The van der Waals surface area contributed by atoms with E-state index in [0.717, 1.165) is 4.47 Å². The van der Waals surface area contributed by atoms with Gasteiger partial charge in [-0.05, 0) is 22.4 Å². The summed E-state index contributed by atoms with van der Waals surface area (Å²) in [4.78, 5) is 0. The summed E-state index contributed by atoms with van der Waals surface area (Å²) in [5.41, 5.74) is 5.53. The van der Waals surface area contributed by atoms with Crippen LogP contribution < -0.4 is 5.73 Å². The number of anilines is 1. The molecule has 0 saturated heterocycles. The fraction of sp³-hybridized carbons (Fsp3) is 0.625. The number of aromatic nitrogens is 2. The van der Waals surface area contributed by atoms with Gasteiger partial charge in [-0.3, -0.25) is 4.68 Å². The summed E-state index contributed by atoms with van der Waals surface area (Å²) >= 11 is 3.23. The molecule has 0 aliphatic carbocycles. The average Bonchev–Trinajstić information content (AvgIpc) is 2.46. The van der Waals surface area contributed by atoms with Crippen molar-refractivity contribution in [3.05, 3.63) is 10.7 Å². The summed E-state index contributed by atoms with van der Waals surface area (Å²) in [5.74, 6) is 0.812. The van der Waals surface area contributed by atoms with Gasteiger partial charge in [0.1, 0.15) is 9.84 Å². The second-order valence-electron chi connectivity index (χ2n) is 3.22. The van der Waals surface area contributed by atoms with Gasteiger partial charge in [0.25, 0.3) is 0 Å². The molecule has 0 atom stereocenters. The number of nitrogen functional groups attached to an aromatic ring is 1. The molecule has 1 rings (SSSR count). The summed E-state index contributed by atoms with van der Waals surface area (Å²) in [6.07, 6.45) is 2.30. The van der Waals surface area contributed by atoms with Crippen LogP contribution in [-0.4, -0.2) is 29.7 Å². The predicted molar refractivity (Wildman–Crippen MR) is 63.3 cm³/mol. The lowest BCUT2D eigenvalue weighted by Crippen LogP contribution is -2.11. The topological polar surface area (TPSA) is 78.0 Å². The van der Waals surface area contributed by atoms with Crippen molar-refractivity contribution < 1.29 is 8.42 Å². The zero-order chi connectivity index (χ0) is 11.5. The van der Waals surface area contributed by atoms with Crippen LogP contribution in [0.3, 0.4) is 0 Å². The van der Waals surface area contributed by atoms with E-state index >= 15 is 0 Å². The van der Waals surface area contributed by atoms with Crippen molar-refractivity contribution >= 4 is 31.6 Å². The first-order valence-electron chi connectivity index (χ1n) is 4.63. The van der Waals surface area contributed by atoms with Gasteiger partial charge in [0, 0.05) is 18.5 Å². The van der Waals surface area contributed by atoms with Crippen LogP contribution in [0.1, 0.15) is 13.3 Å². The number of aryl methyl sites for hydroxylation is 1. The first-order chi connectivity index (χ1) is 6.94. The van der Waals surface area contributed by atoms with Gasteiger partial charge in [-0.15, -0.1) is 0 Å². The largest absolute Gasteiger partial charge is 0.381 e. The SMILES string of the molecule is CCS(=O)(=O)CCCn1cc(Br)c(N)n1. The van der Waals surface area contributed by atoms with Crippen molar-refractivity contribution in [3.8, 4) is 0 Å². The van der Waals surface area contributed by atoms with E-state index in [1.54, 1.807) is 17.8 Å². The van der Waals surface area contributed by atoms with Gasteiger partial charge in [0.05, 0.1) is 10.2 Å². The van der Waals surface area contributed by atoms with Gasteiger partial charge >= 0.3 is 0 Å². The van der Waals surface area contributed by atoms with Crippen LogP contribution in [0.2, 0.25) is 0 Å². The molecule has 1 heterocycles. The minimum atomic E-state index is -2.88. The van der Waals surface area contributed by atoms with E-state index in [4.69, 9.17) is 5.73 Å². The van der Waals surface area contributed by atoms with Crippen molar-refractivity contribution in [2.45, 2.75) is 19.9 Å². The fourth-order valence-corrected chi connectivity index (χ4v) is 2.29. The minimum Gasteiger partial charge on any atom is -0.381 e. The normalized spacial score (nSPS) is 11.9. The molecule has 2 N–H and O–H groups in total. The van der Waals surface area contributed by atoms with E-state index in [0.29, 0.717) is 18.8 Å². The molecule has 0 saturated carbocycles. The van der Waals surface area contributed by atoms with E-state index in [2.05, 4.69) is 21.0 Å². The number of rotatable bonds is 5. The Morgan fingerprint density at radius 3 is 2.73 bits per heavy atom. The molecule has 86 valence electrons. The van der Waals surface area contributed by atoms with E-state index < -0.39 is 9.84 Å². The fourth-order valence-electron chi connectivity index (χ4n) is 1.12. The van der Waals surface area contributed by atoms with Gasteiger partial charge in [-0.2, -0.15) is 5.10 Å². The first kappa shape index (κ1) is 12.5. The lowest BCUT2D eigenvalue weighted by Gasteiger charge is -2.01. The Hall–Kier alpha value is -0.560. The number of halogens is 1. The number of hydrogen-bond donors (Lipinski definition) is 1. The first-order valence-corrected chi connectivity index (χ1v) is 7.25. The van der Waals surface area contributed by atoms with E-state index in [1.807, 2.05) is 0 Å². The van der Waals surface area contributed by atoms with Gasteiger partial charge in [-0.25, -0.2) is 8.42 Å². The Morgan fingerprint density at radius 1 is 1.60 bits per heavy atom. The molecule has 0 aliphatic heterocycles. The molecule has 5 nitrogen and oxygen atoms in total. The monoisotopic (exact) mass is 295 g/mol. The van der Waals surface area contributed by atoms with Crippen molar-refractivity contribution in [2.24, 2.45) is 0 Å². The van der Waals surface area contributed by atoms with Crippen LogP contribution in [0.4, 0.5) is 5.82 Å². The molecule has 1 aromatic heterocycles. The average molecular weight is 296 g/mol. The van der Waals surface area contributed by atoms with Gasteiger partial charge in [0.15, 0.2) is 5.82 Å². The molecule has 0 fully saturated rings. The van der Waals surface area contributed by atoms with Crippen molar-refractivity contribution in [1.29, 1.82) is 0 Å². The highest BCUT2D eigenvalue weighted by atomic mass is 79.9. The summed E-state index contributed by atoms with van der Waals surface area (Å²) in [5, 5.41) is 4.01.